The number of carbonyl (C=O) groups is 1. The topological polar surface area (TPSA) is 64.1 Å². The molecule has 4 rings (SSSR count). The van der Waals surface area contributed by atoms with Crippen LogP contribution in [-0.4, -0.2) is 68.9 Å². The van der Waals surface area contributed by atoms with Gasteiger partial charge in [0.25, 0.3) is 5.91 Å². The lowest BCUT2D eigenvalue weighted by molar-refractivity contribution is -0.120. The molecule has 1 amide bonds. The van der Waals surface area contributed by atoms with Crippen LogP contribution in [0.2, 0.25) is 0 Å². The first kappa shape index (κ1) is 23.5. The Morgan fingerprint density at radius 2 is 1.91 bits per heavy atom. The van der Waals surface area contributed by atoms with E-state index < -0.39 is 0 Å². The maximum atomic E-state index is 13.3. The summed E-state index contributed by atoms with van der Waals surface area (Å²) in [4.78, 5) is 22.3. The molecule has 7 nitrogen and oxygen atoms in total. The van der Waals surface area contributed by atoms with Gasteiger partial charge in [-0.15, -0.1) is 0 Å². The normalized spacial score (nSPS) is 14.4. The Kier molecular flexibility index (Phi) is 7.80. The molecule has 0 unspecified atom stereocenters. The van der Waals surface area contributed by atoms with Crippen molar-refractivity contribution < 1.29 is 19.0 Å². The first-order valence-electron chi connectivity index (χ1n) is 11.3. The molecule has 1 aliphatic rings. The highest BCUT2D eigenvalue weighted by Gasteiger charge is 2.23. The van der Waals surface area contributed by atoms with E-state index in [2.05, 4.69) is 11.8 Å². The Bertz CT molecular complexity index is 1090. The van der Waals surface area contributed by atoms with E-state index in [0.29, 0.717) is 11.7 Å². The quantitative estimate of drug-likeness (QED) is 0.471. The van der Waals surface area contributed by atoms with E-state index in [1.165, 1.54) is 11.3 Å². The van der Waals surface area contributed by atoms with E-state index in [9.17, 15) is 4.79 Å². The number of para-hydroxylation sites is 1. The van der Waals surface area contributed by atoms with Crippen LogP contribution in [0.4, 0.5) is 5.13 Å². The molecule has 0 radical (unpaired) electrons. The zero-order chi connectivity index (χ0) is 23.2. The number of nitrogens with zero attached hydrogens (tertiary/aromatic N) is 3. The Hall–Kier alpha value is -2.68. The molecule has 1 saturated heterocycles. The highest BCUT2D eigenvalue weighted by molar-refractivity contribution is 7.22. The molecular formula is C25H31N3O4S. The largest absolute Gasteiger partial charge is 0.494 e. The Morgan fingerprint density at radius 3 is 2.67 bits per heavy atom. The minimum Gasteiger partial charge on any atom is -0.494 e. The fourth-order valence-electron chi connectivity index (χ4n) is 3.92. The Balaban J connectivity index is 1.53. The first-order valence-corrected chi connectivity index (χ1v) is 12.1. The number of rotatable bonds is 9. The molecule has 0 spiro atoms. The molecule has 33 heavy (non-hydrogen) atoms. The van der Waals surface area contributed by atoms with Crippen LogP contribution < -0.4 is 14.4 Å². The second-order valence-electron chi connectivity index (χ2n) is 8.17. The van der Waals surface area contributed by atoms with Gasteiger partial charge < -0.3 is 14.2 Å². The van der Waals surface area contributed by atoms with Crippen LogP contribution in [0.25, 0.3) is 10.2 Å². The molecule has 8 heteroatoms. The second kappa shape index (κ2) is 11.0. The summed E-state index contributed by atoms with van der Waals surface area (Å²) in [6.45, 7) is 8.89. The van der Waals surface area contributed by atoms with Crippen LogP contribution in [0.15, 0.2) is 36.4 Å². The van der Waals surface area contributed by atoms with Gasteiger partial charge in [-0.3, -0.25) is 14.6 Å². The number of methoxy groups -OCH3 is 1. The molecule has 1 aromatic heterocycles. The average Bonchev–Trinajstić information content (AvgIpc) is 3.28. The SMILES string of the molecule is COc1ccc(C)c2sc(N(CCCN3CCOCC3)C(=O)COc3ccccc3C)nc12. The van der Waals surface area contributed by atoms with E-state index in [1.807, 2.05) is 43.3 Å². The van der Waals surface area contributed by atoms with Crippen molar-refractivity contribution in [3.05, 3.63) is 47.5 Å². The maximum absolute atomic E-state index is 13.3. The summed E-state index contributed by atoms with van der Waals surface area (Å²) in [5, 5.41) is 0.679. The van der Waals surface area contributed by atoms with Gasteiger partial charge in [0.2, 0.25) is 0 Å². The number of fused-ring (bicyclic) bond motifs is 1. The lowest BCUT2D eigenvalue weighted by atomic mass is 10.2. The van der Waals surface area contributed by atoms with Crippen LogP contribution in [0, 0.1) is 13.8 Å². The minimum absolute atomic E-state index is 0.0333. The van der Waals surface area contributed by atoms with Crippen molar-refractivity contribution in [2.24, 2.45) is 0 Å². The number of hydrogen-bond acceptors (Lipinski definition) is 7. The molecule has 0 bridgehead atoms. The fourth-order valence-corrected chi connectivity index (χ4v) is 5.01. The number of aryl methyl sites for hydroxylation is 2. The van der Waals surface area contributed by atoms with E-state index in [0.717, 1.165) is 72.1 Å². The van der Waals surface area contributed by atoms with E-state index in [-0.39, 0.29) is 12.5 Å². The molecule has 2 heterocycles. The van der Waals surface area contributed by atoms with Gasteiger partial charge in [0, 0.05) is 26.2 Å². The van der Waals surface area contributed by atoms with Gasteiger partial charge in [-0.1, -0.05) is 35.6 Å². The Labute approximate surface area is 198 Å². The number of thiazole rings is 1. The molecule has 1 aliphatic heterocycles. The molecule has 0 aliphatic carbocycles. The number of amides is 1. The number of morpholine rings is 1. The predicted molar refractivity (Wildman–Crippen MR) is 132 cm³/mol. The van der Waals surface area contributed by atoms with E-state index >= 15 is 0 Å². The second-order valence-corrected chi connectivity index (χ2v) is 9.14. The molecule has 2 aromatic carbocycles. The monoisotopic (exact) mass is 469 g/mol. The highest BCUT2D eigenvalue weighted by atomic mass is 32.1. The van der Waals surface area contributed by atoms with Gasteiger partial charge in [0.1, 0.15) is 17.0 Å². The zero-order valence-electron chi connectivity index (χ0n) is 19.5. The van der Waals surface area contributed by atoms with Crippen LogP contribution in [0.3, 0.4) is 0 Å². The van der Waals surface area contributed by atoms with Gasteiger partial charge in [0.05, 0.1) is 25.0 Å². The molecular weight excluding hydrogens is 438 g/mol. The van der Waals surface area contributed by atoms with E-state index in [1.54, 1.807) is 12.0 Å². The van der Waals surface area contributed by atoms with Gasteiger partial charge in [-0.2, -0.15) is 0 Å². The average molecular weight is 470 g/mol. The minimum atomic E-state index is -0.101. The third-order valence-corrected chi connectivity index (χ3v) is 7.06. The molecule has 0 atom stereocenters. The summed E-state index contributed by atoms with van der Waals surface area (Å²) in [6, 6.07) is 11.7. The van der Waals surface area contributed by atoms with Crippen molar-refractivity contribution in [1.29, 1.82) is 0 Å². The summed E-state index contributed by atoms with van der Waals surface area (Å²) < 4.78 is 17.9. The van der Waals surface area contributed by atoms with Crippen LogP contribution >= 0.6 is 11.3 Å². The van der Waals surface area contributed by atoms with Crippen molar-refractivity contribution in [2.75, 3.05) is 58.0 Å². The first-order chi connectivity index (χ1) is 16.1. The summed E-state index contributed by atoms with van der Waals surface area (Å²) in [5.41, 5.74) is 2.92. The van der Waals surface area contributed by atoms with Crippen LogP contribution in [0.1, 0.15) is 17.5 Å². The molecule has 1 fully saturated rings. The number of carbonyl (C=O) groups excluding carboxylic acids is 1. The maximum Gasteiger partial charge on any atom is 0.266 e. The number of ether oxygens (including phenoxy) is 3. The smallest absolute Gasteiger partial charge is 0.266 e. The standard InChI is InChI=1S/C25H31N3O4S/c1-18-7-4-5-8-20(18)32-17-22(29)28(12-6-11-27-13-15-31-16-14-27)25-26-23-21(30-3)10-9-19(2)24(23)33-25/h4-5,7-10H,6,11-17H2,1-3H3. The Morgan fingerprint density at radius 1 is 1.12 bits per heavy atom. The van der Waals surface area contributed by atoms with Crippen molar-refractivity contribution in [2.45, 2.75) is 20.3 Å². The number of hydrogen-bond donors (Lipinski definition) is 0. The predicted octanol–water partition coefficient (Wildman–Crippen LogP) is 4.06. The number of anilines is 1. The molecule has 3 aromatic rings. The number of aromatic nitrogens is 1. The molecule has 0 N–H and O–H groups in total. The van der Waals surface area contributed by atoms with Crippen molar-refractivity contribution in [1.82, 2.24) is 9.88 Å². The molecule has 176 valence electrons. The lowest BCUT2D eigenvalue weighted by Crippen LogP contribution is -2.40. The van der Waals surface area contributed by atoms with Gasteiger partial charge in [0.15, 0.2) is 11.7 Å². The summed E-state index contributed by atoms with van der Waals surface area (Å²) in [6.07, 6.45) is 0.849. The van der Waals surface area contributed by atoms with Crippen molar-refractivity contribution in [3.63, 3.8) is 0 Å². The van der Waals surface area contributed by atoms with E-state index in [4.69, 9.17) is 19.2 Å². The third kappa shape index (κ3) is 5.63. The van der Waals surface area contributed by atoms with Crippen molar-refractivity contribution >= 4 is 32.6 Å². The summed E-state index contributed by atoms with van der Waals surface area (Å²) >= 11 is 1.53. The van der Waals surface area contributed by atoms with Gasteiger partial charge in [-0.05, 0) is 43.5 Å². The fraction of sp³-hybridized carbons (Fsp3) is 0.440. The van der Waals surface area contributed by atoms with Crippen molar-refractivity contribution in [3.8, 4) is 11.5 Å². The number of benzene rings is 2. The van der Waals surface area contributed by atoms with Gasteiger partial charge >= 0.3 is 0 Å². The zero-order valence-corrected chi connectivity index (χ0v) is 20.3. The van der Waals surface area contributed by atoms with Crippen LogP contribution in [-0.2, 0) is 9.53 Å². The molecule has 0 saturated carbocycles. The van der Waals surface area contributed by atoms with Crippen LogP contribution in [0.5, 0.6) is 11.5 Å². The summed E-state index contributed by atoms with van der Waals surface area (Å²) in [7, 11) is 1.64. The van der Waals surface area contributed by atoms with Gasteiger partial charge in [-0.25, -0.2) is 4.98 Å². The summed E-state index contributed by atoms with van der Waals surface area (Å²) in [5.74, 6) is 1.34. The lowest BCUT2D eigenvalue weighted by Gasteiger charge is -2.27. The highest BCUT2D eigenvalue weighted by Crippen LogP contribution is 2.36. The third-order valence-electron chi connectivity index (χ3n) is 5.85.